The van der Waals surface area contributed by atoms with E-state index in [4.69, 9.17) is 5.11 Å². The van der Waals surface area contributed by atoms with Crippen molar-refractivity contribution in [3.05, 3.63) is 24.0 Å². The first-order valence-corrected chi connectivity index (χ1v) is 5.50. The number of hydrogen-bond acceptors (Lipinski definition) is 2. The molecule has 0 saturated carbocycles. The highest BCUT2D eigenvalue weighted by molar-refractivity contribution is 5.92. The molecule has 1 atom stereocenters. The molecular weight excluding hydrogens is 204 g/mol. The van der Waals surface area contributed by atoms with Gasteiger partial charge in [0, 0.05) is 18.8 Å². The molecule has 0 fully saturated rings. The van der Waals surface area contributed by atoms with Crippen LogP contribution in [0.15, 0.2) is 18.3 Å². The largest absolute Gasteiger partial charge is 0.396 e. The molecule has 1 aromatic heterocycles. The minimum absolute atomic E-state index is 0.0340. The second-order valence-corrected chi connectivity index (χ2v) is 4.99. The number of nitrogens with one attached hydrogen (secondary N) is 2. The summed E-state index contributed by atoms with van der Waals surface area (Å²) in [6, 6.07) is 3.48. The molecule has 0 spiro atoms. The van der Waals surface area contributed by atoms with Crippen LogP contribution in [-0.4, -0.2) is 28.6 Å². The zero-order valence-corrected chi connectivity index (χ0v) is 10.1. The van der Waals surface area contributed by atoms with E-state index < -0.39 is 0 Å². The molecule has 16 heavy (non-hydrogen) atoms. The van der Waals surface area contributed by atoms with Gasteiger partial charge in [-0.1, -0.05) is 20.8 Å². The molecule has 0 saturated heterocycles. The van der Waals surface area contributed by atoms with Crippen molar-refractivity contribution in [1.82, 2.24) is 10.3 Å². The lowest BCUT2D eigenvalue weighted by Crippen LogP contribution is -2.44. The molecule has 0 aromatic carbocycles. The molecule has 4 nitrogen and oxygen atoms in total. The highest BCUT2D eigenvalue weighted by atomic mass is 16.3. The molecule has 1 amide bonds. The van der Waals surface area contributed by atoms with Crippen molar-refractivity contribution in [2.24, 2.45) is 5.41 Å². The molecule has 4 heteroatoms. The molecule has 0 aliphatic heterocycles. The van der Waals surface area contributed by atoms with Gasteiger partial charge in [-0.25, -0.2) is 0 Å². The van der Waals surface area contributed by atoms with Gasteiger partial charge in [-0.2, -0.15) is 0 Å². The number of aromatic nitrogens is 1. The highest BCUT2D eigenvalue weighted by Gasteiger charge is 2.26. The smallest absolute Gasteiger partial charge is 0.267 e. The molecule has 3 N–H and O–H groups in total. The molecule has 0 radical (unpaired) electrons. The van der Waals surface area contributed by atoms with Gasteiger partial charge in [0.1, 0.15) is 5.69 Å². The third-order valence-electron chi connectivity index (χ3n) is 2.61. The fraction of sp³-hybridized carbons (Fsp3) is 0.583. The van der Waals surface area contributed by atoms with Gasteiger partial charge in [0.2, 0.25) is 0 Å². The summed E-state index contributed by atoms with van der Waals surface area (Å²) in [5.74, 6) is -0.127. The Kier molecular flexibility index (Phi) is 4.12. The summed E-state index contributed by atoms with van der Waals surface area (Å²) >= 11 is 0. The Labute approximate surface area is 96.1 Å². The first-order chi connectivity index (χ1) is 7.45. The van der Waals surface area contributed by atoms with Gasteiger partial charge in [0.15, 0.2) is 0 Å². The minimum atomic E-state index is -0.127. The Hall–Kier alpha value is -1.29. The summed E-state index contributed by atoms with van der Waals surface area (Å²) in [4.78, 5) is 14.7. The molecule has 90 valence electrons. The summed E-state index contributed by atoms with van der Waals surface area (Å²) in [7, 11) is 0. The monoisotopic (exact) mass is 224 g/mol. The average molecular weight is 224 g/mol. The van der Waals surface area contributed by atoms with E-state index in [9.17, 15) is 4.79 Å². The van der Waals surface area contributed by atoms with Gasteiger partial charge in [0.25, 0.3) is 5.91 Å². The number of aromatic amines is 1. The quantitative estimate of drug-likeness (QED) is 0.726. The Balaban J connectivity index is 2.66. The zero-order chi connectivity index (χ0) is 12.2. The Morgan fingerprint density at radius 2 is 2.25 bits per heavy atom. The van der Waals surface area contributed by atoms with Crippen LogP contribution >= 0.6 is 0 Å². The van der Waals surface area contributed by atoms with Crippen LogP contribution in [0.3, 0.4) is 0 Å². The fourth-order valence-electron chi connectivity index (χ4n) is 1.56. The lowest BCUT2D eigenvalue weighted by Gasteiger charge is -2.30. The molecule has 0 bridgehead atoms. The third kappa shape index (κ3) is 3.38. The standard InChI is InChI=1S/C12H20N2O2/c1-12(2,3)10(6-8-15)14-11(16)9-5-4-7-13-9/h4-5,7,10,13,15H,6,8H2,1-3H3,(H,14,16)/t10-/m0/s1. The number of hydrogen-bond donors (Lipinski definition) is 3. The first-order valence-electron chi connectivity index (χ1n) is 5.50. The van der Waals surface area contributed by atoms with E-state index in [1.165, 1.54) is 0 Å². The summed E-state index contributed by atoms with van der Waals surface area (Å²) in [5.41, 5.74) is 0.484. The van der Waals surface area contributed by atoms with Gasteiger partial charge in [-0.15, -0.1) is 0 Å². The second-order valence-electron chi connectivity index (χ2n) is 4.99. The Morgan fingerprint density at radius 3 is 2.69 bits per heavy atom. The number of rotatable bonds is 4. The number of H-pyrrole nitrogens is 1. The van der Waals surface area contributed by atoms with Gasteiger partial charge in [0.05, 0.1) is 0 Å². The van der Waals surface area contributed by atoms with E-state index >= 15 is 0 Å². The molecular formula is C12H20N2O2. The fourth-order valence-corrected chi connectivity index (χ4v) is 1.56. The zero-order valence-electron chi connectivity index (χ0n) is 10.1. The summed E-state index contributed by atoms with van der Waals surface area (Å²) in [5, 5.41) is 11.9. The van der Waals surface area contributed by atoms with Gasteiger partial charge in [-0.3, -0.25) is 4.79 Å². The van der Waals surface area contributed by atoms with E-state index in [-0.39, 0.29) is 24.0 Å². The van der Waals surface area contributed by atoms with Crippen molar-refractivity contribution in [3.8, 4) is 0 Å². The topological polar surface area (TPSA) is 65.1 Å². The highest BCUT2D eigenvalue weighted by Crippen LogP contribution is 2.21. The summed E-state index contributed by atoms with van der Waals surface area (Å²) in [6.45, 7) is 6.21. The van der Waals surface area contributed by atoms with Gasteiger partial charge >= 0.3 is 0 Å². The van der Waals surface area contributed by atoms with E-state index in [0.717, 1.165) is 0 Å². The third-order valence-corrected chi connectivity index (χ3v) is 2.61. The summed E-state index contributed by atoms with van der Waals surface area (Å²) in [6.07, 6.45) is 2.28. The van der Waals surface area contributed by atoms with E-state index in [1.54, 1.807) is 18.3 Å². The predicted molar refractivity (Wildman–Crippen MR) is 63.2 cm³/mol. The number of amides is 1. The van der Waals surface area contributed by atoms with Crippen molar-refractivity contribution in [2.75, 3.05) is 6.61 Å². The molecule has 0 aliphatic rings. The maximum atomic E-state index is 11.8. The minimum Gasteiger partial charge on any atom is -0.396 e. The van der Waals surface area contributed by atoms with E-state index in [2.05, 4.69) is 10.3 Å². The van der Waals surface area contributed by atoms with Gasteiger partial charge < -0.3 is 15.4 Å². The van der Waals surface area contributed by atoms with Gasteiger partial charge in [-0.05, 0) is 24.0 Å². The number of carbonyl (C=O) groups excluding carboxylic acids is 1. The summed E-state index contributed by atoms with van der Waals surface area (Å²) < 4.78 is 0. The lowest BCUT2D eigenvalue weighted by atomic mass is 9.85. The van der Waals surface area contributed by atoms with Crippen LogP contribution in [0, 0.1) is 5.41 Å². The molecule has 1 heterocycles. The second kappa shape index (κ2) is 5.16. The van der Waals surface area contributed by atoms with Crippen LogP contribution in [0.2, 0.25) is 0 Å². The normalized spacial score (nSPS) is 13.5. The predicted octanol–water partition coefficient (Wildman–Crippen LogP) is 1.54. The Bertz CT molecular complexity index is 325. The van der Waals surface area contributed by atoms with Crippen LogP contribution in [0.1, 0.15) is 37.7 Å². The molecule has 0 unspecified atom stereocenters. The average Bonchev–Trinajstić information content (AvgIpc) is 2.68. The Morgan fingerprint density at radius 1 is 1.56 bits per heavy atom. The van der Waals surface area contributed by atoms with Crippen molar-refractivity contribution < 1.29 is 9.90 Å². The van der Waals surface area contributed by atoms with Crippen LogP contribution in [-0.2, 0) is 0 Å². The molecule has 0 aliphatic carbocycles. The van der Waals surface area contributed by atoms with Crippen molar-refractivity contribution in [1.29, 1.82) is 0 Å². The van der Waals surface area contributed by atoms with Crippen LogP contribution in [0.4, 0.5) is 0 Å². The molecule has 1 rings (SSSR count). The first kappa shape index (κ1) is 12.8. The maximum absolute atomic E-state index is 11.8. The number of carbonyl (C=O) groups is 1. The maximum Gasteiger partial charge on any atom is 0.267 e. The van der Waals surface area contributed by atoms with Crippen LogP contribution in [0.5, 0.6) is 0 Å². The van der Waals surface area contributed by atoms with Crippen molar-refractivity contribution >= 4 is 5.91 Å². The molecule has 1 aromatic rings. The van der Waals surface area contributed by atoms with Crippen LogP contribution in [0.25, 0.3) is 0 Å². The number of aliphatic hydroxyl groups is 1. The van der Waals surface area contributed by atoms with E-state index in [1.807, 2.05) is 20.8 Å². The van der Waals surface area contributed by atoms with E-state index in [0.29, 0.717) is 12.1 Å². The lowest BCUT2D eigenvalue weighted by molar-refractivity contribution is 0.0880. The van der Waals surface area contributed by atoms with Crippen LogP contribution < -0.4 is 5.32 Å². The van der Waals surface area contributed by atoms with Crippen molar-refractivity contribution in [2.45, 2.75) is 33.2 Å². The number of aliphatic hydroxyl groups excluding tert-OH is 1. The van der Waals surface area contributed by atoms with Crippen molar-refractivity contribution in [3.63, 3.8) is 0 Å². The SMILES string of the molecule is CC(C)(C)[C@H](CCO)NC(=O)c1ccc[nH]1.